The zero-order chi connectivity index (χ0) is 11.4. The van der Waals surface area contributed by atoms with E-state index in [1.165, 1.54) is 5.56 Å². The highest BCUT2D eigenvalue weighted by Gasteiger charge is 2.03. The lowest BCUT2D eigenvalue weighted by Gasteiger charge is -1.98. The number of hydrogen-bond acceptors (Lipinski definition) is 2. The Kier molecular flexibility index (Phi) is 3.57. The van der Waals surface area contributed by atoms with Crippen LogP contribution in [0.25, 0.3) is 11.0 Å². The molecule has 16 heavy (non-hydrogen) atoms. The fraction of sp³-hybridized carbons (Fsp3) is 0.462. The molecule has 0 aliphatic carbocycles. The van der Waals surface area contributed by atoms with Gasteiger partial charge >= 0.3 is 0 Å². The van der Waals surface area contributed by atoms with Gasteiger partial charge in [0.25, 0.3) is 0 Å². The first kappa shape index (κ1) is 11.1. The largest absolute Gasteiger partial charge is 0.382 e. The van der Waals surface area contributed by atoms with Gasteiger partial charge in [-0.1, -0.05) is 12.1 Å². The van der Waals surface area contributed by atoms with Gasteiger partial charge in [-0.2, -0.15) is 0 Å². The normalized spacial score (nSPS) is 11.1. The molecule has 2 rings (SSSR count). The predicted octanol–water partition coefficient (Wildman–Crippen LogP) is 2.84. The van der Waals surface area contributed by atoms with Crippen LogP contribution in [0.2, 0.25) is 0 Å². The van der Waals surface area contributed by atoms with Gasteiger partial charge < -0.3 is 9.72 Å². The van der Waals surface area contributed by atoms with Crippen LogP contribution < -0.4 is 0 Å². The van der Waals surface area contributed by atoms with Crippen LogP contribution in [-0.2, 0) is 11.2 Å². The Hall–Kier alpha value is -1.35. The molecule has 1 N–H and O–H groups in total. The minimum Gasteiger partial charge on any atom is -0.382 e. The Labute approximate surface area is 95.8 Å². The molecule has 1 aromatic carbocycles. The number of aryl methyl sites for hydroxylation is 2. The number of ether oxygens (including phenoxy) is 1. The lowest BCUT2D eigenvalue weighted by atomic mass is 10.2. The Morgan fingerprint density at radius 2 is 2.25 bits per heavy atom. The third kappa shape index (κ3) is 2.42. The highest BCUT2D eigenvalue weighted by atomic mass is 16.5. The summed E-state index contributed by atoms with van der Waals surface area (Å²) in [6.45, 7) is 5.71. The SMILES string of the molecule is CCOCCCc1nc2c(C)cccc2[nH]1. The van der Waals surface area contributed by atoms with Gasteiger partial charge in [0.1, 0.15) is 5.82 Å². The molecule has 0 amide bonds. The number of nitrogens with one attached hydrogen (secondary N) is 1. The van der Waals surface area contributed by atoms with E-state index in [9.17, 15) is 0 Å². The Balaban J connectivity index is 2.05. The summed E-state index contributed by atoms with van der Waals surface area (Å²) < 4.78 is 5.31. The summed E-state index contributed by atoms with van der Waals surface area (Å²) in [4.78, 5) is 7.95. The molecule has 2 aromatic rings. The van der Waals surface area contributed by atoms with Gasteiger partial charge in [0.05, 0.1) is 11.0 Å². The van der Waals surface area contributed by atoms with Gasteiger partial charge in [0.2, 0.25) is 0 Å². The second-order valence-electron chi connectivity index (χ2n) is 3.96. The zero-order valence-corrected chi connectivity index (χ0v) is 9.92. The molecule has 0 atom stereocenters. The van der Waals surface area contributed by atoms with E-state index in [1.807, 2.05) is 6.92 Å². The van der Waals surface area contributed by atoms with Crippen LogP contribution in [0.1, 0.15) is 24.7 Å². The fourth-order valence-corrected chi connectivity index (χ4v) is 1.83. The number of nitrogens with zero attached hydrogens (tertiary/aromatic N) is 1. The summed E-state index contributed by atoms with van der Waals surface area (Å²) in [5, 5.41) is 0. The molecular weight excluding hydrogens is 200 g/mol. The standard InChI is InChI=1S/C13H18N2O/c1-3-16-9-5-8-12-14-11-7-4-6-10(2)13(11)15-12/h4,6-7H,3,5,8-9H2,1-2H3,(H,14,15). The van der Waals surface area contributed by atoms with Crippen molar-refractivity contribution in [3.05, 3.63) is 29.6 Å². The van der Waals surface area contributed by atoms with Crippen molar-refractivity contribution in [2.24, 2.45) is 0 Å². The summed E-state index contributed by atoms with van der Waals surface area (Å²) in [5.41, 5.74) is 3.45. The number of benzene rings is 1. The lowest BCUT2D eigenvalue weighted by molar-refractivity contribution is 0.145. The Morgan fingerprint density at radius 1 is 1.38 bits per heavy atom. The van der Waals surface area contributed by atoms with Crippen molar-refractivity contribution < 1.29 is 4.74 Å². The molecule has 0 aliphatic rings. The Morgan fingerprint density at radius 3 is 3.00 bits per heavy atom. The zero-order valence-electron chi connectivity index (χ0n) is 9.92. The minimum absolute atomic E-state index is 0.791. The lowest BCUT2D eigenvalue weighted by Crippen LogP contribution is -1.97. The molecule has 0 unspecified atom stereocenters. The van der Waals surface area contributed by atoms with E-state index < -0.39 is 0 Å². The topological polar surface area (TPSA) is 37.9 Å². The van der Waals surface area contributed by atoms with Crippen molar-refractivity contribution in [2.75, 3.05) is 13.2 Å². The summed E-state index contributed by atoms with van der Waals surface area (Å²) in [7, 11) is 0. The molecule has 86 valence electrons. The van der Waals surface area contributed by atoms with Crippen molar-refractivity contribution in [3.8, 4) is 0 Å². The van der Waals surface area contributed by atoms with Crippen molar-refractivity contribution in [2.45, 2.75) is 26.7 Å². The van der Waals surface area contributed by atoms with Gasteiger partial charge in [-0.15, -0.1) is 0 Å². The summed E-state index contributed by atoms with van der Waals surface area (Å²) >= 11 is 0. The van der Waals surface area contributed by atoms with Crippen molar-refractivity contribution in [1.29, 1.82) is 0 Å². The third-order valence-electron chi connectivity index (χ3n) is 2.67. The maximum Gasteiger partial charge on any atom is 0.107 e. The van der Waals surface area contributed by atoms with Gasteiger partial charge in [-0.05, 0) is 31.9 Å². The second-order valence-corrected chi connectivity index (χ2v) is 3.96. The third-order valence-corrected chi connectivity index (χ3v) is 2.67. The molecule has 0 radical (unpaired) electrons. The fourth-order valence-electron chi connectivity index (χ4n) is 1.83. The molecule has 0 spiro atoms. The monoisotopic (exact) mass is 218 g/mol. The molecular formula is C13H18N2O. The van der Waals surface area contributed by atoms with Gasteiger partial charge in [0, 0.05) is 19.6 Å². The molecule has 0 fully saturated rings. The first-order valence-electron chi connectivity index (χ1n) is 5.83. The van der Waals surface area contributed by atoms with Crippen LogP contribution in [0.5, 0.6) is 0 Å². The van der Waals surface area contributed by atoms with E-state index in [0.717, 1.165) is 42.9 Å². The average Bonchev–Trinajstić information content (AvgIpc) is 2.69. The van der Waals surface area contributed by atoms with E-state index in [0.29, 0.717) is 0 Å². The number of hydrogen-bond donors (Lipinski definition) is 1. The minimum atomic E-state index is 0.791. The van der Waals surface area contributed by atoms with Gasteiger partial charge in [-0.3, -0.25) is 0 Å². The first-order valence-corrected chi connectivity index (χ1v) is 5.83. The molecule has 0 saturated heterocycles. The van der Waals surface area contributed by atoms with Crippen LogP contribution in [0, 0.1) is 6.92 Å². The number of aromatic amines is 1. The first-order chi connectivity index (χ1) is 7.81. The van der Waals surface area contributed by atoms with Gasteiger partial charge in [0.15, 0.2) is 0 Å². The molecule has 0 bridgehead atoms. The smallest absolute Gasteiger partial charge is 0.107 e. The van der Waals surface area contributed by atoms with E-state index >= 15 is 0 Å². The highest BCUT2D eigenvalue weighted by Crippen LogP contribution is 2.15. The van der Waals surface area contributed by atoms with Crippen LogP contribution >= 0.6 is 0 Å². The van der Waals surface area contributed by atoms with E-state index in [2.05, 4.69) is 35.1 Å². The second kappa shape index (κ2) is 5.12. The van der Waals surface area contributed by atoms with Crippen LogP contribution in [-0.4, -0.2) is 23.2 Å². The van der Waals surface area contributed by atoms with Crippen molar-refractivity contribution in [3.63, 3.8) is 0 Å². The van der Waals surface area contributed by atoms with Gasteiger partial charge in [-0.25, -0.2) is 4.98 Å². The van der Waals surface area contributed by atoms with Crippen molar-refractivity contribution in [1.82, 2.24) is 9.97 Å². The van der Waals surface area contributed by atoms with E-state index in [4.69, 9.17) is 4.74 Å². The number of aromatic nitrogens is 2. The molecule has 1 heterocycles. The molecule has 0 saturated carbocycles. The molecule has 3 nitrogen and oxygen atoms in total. The number of H-pyrrole nitrogens is 1. The van der Waals surface area contributed by atoms with Crippen LogP contribution in [0.4, 0.5) is 0 Å². The number of rotatable bonds is 5. The highest BCUT2D eigenvalue weighted by molar-refractivity contribution is 5.78. The molecule has 0 aliphatic heterocycles. The van der Waals surface area contributed by atoms with E-state index in [1.54, 1.807) is 0 Å². The predicted molar refractivity (Wildman–Crippen MR) is 65.6 cm³/mol. The number of para-hydroxylation sites is 1. The van der Waals surface area contributed by atoms with Crippen LogP contribution in [0.3, 0.4) is 0 Å². The number of imidazole rings is 1. The van der Waals surface area contributed by atoms with Crippen molar-refractivity contribution >= 4 is 11.0 Å². The quantitative estimate of drug-likeness (QED) is 0.784. The average molecular weight is 218 g/mol. The number of fused-ring (bicyclic) bond motifs is 1. The van der Waals surface area contributed by atoms with E-state index in [-0.39, 0.29) is 0 Å². The Bertz CT molecular complexity index is 462. The maximum atomic E-state index is 5.31. The molecule has 1 aromatic heterocycles. The maximum absolute atomic E-state index is 5.31. The molecule has 3 heteroatoms. The van der Waals surface area contributed by atoms with Crippen LogP contribution in [0.15, 0.2) is 18.2 Å². The summed E-state index contributed by atoms with van der Waals surface area (Å²) in [6.07, 6.45) is 1.97. The summed E-state index contributed by atoms with van der Waals surface area (Å²) in [6, 6.07) is 6.22. The summed E-state index contributed by atoms with van der Waals surface area (Å²) in [5.74, 6) is 1.06.